The van der Waals surface area contributed by atoms with Crippen LogP contribution < -0.4 is 14.4 Å². The first kappa shape index (κ1) is 10.9. The number of rotatable bonds is 2. The molecule has 5 heteroatoms. The first-order valence-corrected chi connectivity index (χ1v) is 6.39. The van der Waals surface area contributed by atoms with Crippen molar-refractivity contribution in [1.82, 2.24) is 4.98 Å². The molecule has 0 amide bonds. The molecule has 2 aliphatic rings. The van der Waals surface area contributed by atoms with E-state index in [2.05, 4.69) is 9.88 Å². The molecule has 19 heavy (non-hydrogen) atoms. The third-order valence-corrected chi connectivity index (χ3v) is 3.75. The van der Waals surface area contributed by atoms with Crippen LogP contribution in [0.1, 0.15) is 0 Å². The predicted molar refractivity (Wildman–Crippen MR) is 70.7 cm³/mol. The van der Waals surface area contributed by atoms with Crippen molar-refractivity contribution in [2.75, 3.05) is 31.4 Å². The van der Waals surface area contributed by atoms with Crippen LogP contribution in [0.2, 0.25) is 0 Å². The first-order valence-electron chi connectivity index (χ1n) is 6.39. The lowest BCUT2D eigenvalue weighted by Gasteiger charge is -2.39. The van der Waals surface area contributed by atoms with E-state index < -0.39 is 0 Å². The Morgan fingerprint density at radius 2 is 2.05 bits per heavy atom. The summed E-state index contributed by atoms with van der Waals surface area (Å²) in [5, 5.41) is 11.3. The minimum absolute atomic E-state index is 0.244. The van der Waals surface area contributed by atoms with Crippen molar-refractivity contribution >= 4 is 16.6 Å². The van der Waals surface area contributed by atoms with E-state index in [9.17, 15) is 0 Å². The number of aliphatic hydroxyl groups excluding tert-OH is 1. The molecule has 0 unspecified atom stereocenters. The number of hydrogen-bond donors (Lipinski definition) is 1. The molecule has 0 aliphatic carbocycles. The Labute approximate surface area is 110 Å². The Morgan fingerprint density at radius 1 is 1.26 bits per heavy atom. The van der Waals surface area contributed by atoms with Gasteiger partial charge in [-0.05, 0) is 23.6 Å². The molecule has 1 N–H and O–H groups in total. The quantitative estimate of drug-likeness (QED) is 0.882. The van der Waals surface area contributed by atoms with Gasteiger partial charge in [0.15, 0.2) is 11.5 Å². The lowest BCUT2D eigenvalue weighted by Crippen LogP contribution is -2.48. The van der Waals surface area contributed by atoms with Crippen LogP contribution in [0, 0.1) is 5.92 Å². The molecule has 4 rings (SSSR count). The summed E-state index contributed by atoms with van der Waals surface area (Å²) in [6.45, 7) is 2.24. The molecule has 0 atom stereocenters. The predicted octanol–water partition coefficient (Wildman–Crippen LogP) is 1.39. The monoisotopic (exact) mass is 258 g/mol. The summed E-state index contributed by atoms with van der Waals surface area (Å²) in [4.78, 5) is 6.66. The maximum Gasteiger partial charge on any atom is 0.231 e. The average molecular weight is 258 g/mol. The third kappa shape index (κ3) is 1.62. The summed E-state index contributed by atoms with van der Waals surface area (Å²) in [5.41, 5.74) is 0. The maximum absolute atomic E-state index is 9.11. The Balaban J connectivity index is 1.79. The van der Waals surface area contributed by atoms with Crippen LogP contribution in [0.25, 0.3) is 10.8 Å². The zero-order chi connectivity index (χ0) is 12.8. The van der Waals surface area contributed by atoms with Crippen molar-refractivity contribution in [3.63, 3.8) is 0 Å². The number of ether oxygens (including phenoxy) is 2. The van der Waals surface area contributed by atoms with E-state index in [1.54, 1.807) is 0 Å². The number of benzene rings is 1. The smallest absolute Gasteiger partial charge is 0.231 e. The van der Waals surface area contributed by atoms with E-state index in [0.29, 0.717) is 5.92 Å². The Hall–Kier alpha value is -2.01. The van der Waals surface area contributed by atoms with Crippen molar-refractivity contribution < 1.29 is 14.6 Å². The molecule has 0 radical (unpaired) electrons. The zero-order valence-corrected chi connectivity index (χ0v) is 10.4. The number of aromatic nitrogens is 1. The van der Waals surface area contributed by atoms with Crippen LogP contribution in [-0.2, 0) is 0 Å². The minimum atomic E-state index is 0.244. The number of pyridine rings is 1. The molecule has 0 spiro atoms. The van der Waals surface area contributed by atoms with Gasteiger partial charge in [-0.2, -0.15) is 0 Å². The molecule has 1 saturated heterocycles. The van der Waals surface area contributed by atoms with Crippen molar-refractivity contribution in [2.24, 2.45) is 5.92 Å². The van der Waals surface area contributed by atoms with Crippen LogP contribution >= 0.6 is 0 Å². The highest BCUT2D eigenvalue weighted by atomic mass is 16.7. The van der Waals surface area contributed by atoms with Gasteiger partial charge in [0.05, 0.1) is 0 Å². The lowest BCUT2D eigenvalue weighted by molar-refractivity contribution is 0.174. The second kappa shape index (κ2) is 3.99. The van der Waals surface area contributed by atoms with Gasteiger partial charge >= 0.3 is 0 Å². The highest BCUT2D eigenvalue weighted by Crippen LogP contribution is 2.39. The molecular formula is C14H14N2O3. The fourth-order valence-electron chi connectivity index (χ4n) is 2.66. The summed E-state index contributed by atoms with van der Waals surface area (Å²) < 4.78 is 10.8. The molecule has 1 aromatic heterocycles. The molecule has 5 nitrogen and oxygen atoms in total. The van der Waals surface area contributed by atoms with Crippen molar-refractivity contribution in [2.45, 2.75) is 0 Å². The Morgan fingerprint density at radius 3 is 2.84 bits per heavy atom. The maximum atomic E-state index is 9.11. The van der Waals surface area contributed by atoms with E-state index in [0.717, 1.165) is 41.2 Å². The van der Waals surface area contributed by atoms with Crippen molar-refractivity contribution in [3.8, 4) is 11.5 Å². The molecule has 3 heterocycles. The fourth-order valence-corrected chi connectivity index (χ4v) is 2.66. The normalized spacial score (nSPS) is 17.8. The number of fused-ring (bicyclic) bond motifs is 2. The van der Waals surface area contributed by atoms with Gasteiger partial charge in [-0.3, -0.25) is 0 Å². The topological polar surface area (TPSA) is 54.8 Å². The molecule has 98 valence electrons. The van der Waals surface area contributed by atoms with Gasteiger partial charge in [0.2, 0.25) is 6.79 Å². The second-order valence-electron chi connectivity index (χ2n) is 5.01. The molecule has 2 aromatic rings. The van der Waals surface area contributed by atoms with Crippen LogP contribution in [0.5, 0.6) is 11.5 Å². The molecule has 1 fully saturated rings. The van der Waals surface area contributed by atoms with E-state index >= 15 is 0 Å². The minimum Gasteiger partial charge on any atom is -0.454 e. The number of nitrogens with zero attached hydrogens (tertiary/aromatic N) is 2. The molecule has 0 saturated carbocycles. The summed E-state index contributed by atoms with van der Waals surface area (Å²) in [7, 11) is 0. The summed E-state index contributed by atoms with van der Waals surface area (Å²) >= 11 is 0. The highest BCUT2D eigenvalue weighted by molar-refractivity contribution is 5.95. The number of hydrogen-bond acceptors (Lipinski definition) is 5. The fraction of sp³-hybridized carbons (Fsp3) is 0.357. The standard InChI is InChI=1S/C14H14N2O3/c17-7-9-5-16(6-9)14-11-4-13-12(18-8-19-13)3-10(11)1-2-15-14/h1-4,9,17H,5-8H2. The highest BCUT2D eigenvalue weighted by Gasteiger charge is 2.28. The van der Waals surface area contributed by atoms with E-state index in [1.165, 1.54) is 0 Å². The molecule has 1 aromatic carbocycles. The SMILES string of the molecule is OCC1CN(c2nccc3cc4c(cc23)OCO4)C1. The largest absolute Gasteiger partial charge is 0.454 e. The van der Waals surface area contributed by atoms with Gasteiger partial charge in [0, 0.05) is 37.2 Å². The first-order chi connectivity index (χ1) is 9.35. The zero-order valence-electron chi connectivity index (χ0n) is 10.4. The van der Waals surface area contributed by atoms with E-state index in [-0.39, 0.29) is 13.4 Å². The van der Waals surface area contributed by atoms with Crippen LogP contribution in [0.4, 0.5) is 5.82 Å². The number of aliphatic hydroxyl groups is 1. The van der Waals surface area contributed by atoms with E-state index in [4.69, 9.17) is 14.6 Å². The van der Waals surface area contributed by atoms with Crippen LogP contribution in [0.15, 0.2) is 24.4 Å². The van der Waals surface area contributed by atoms with Crippen LogP contribution in [0.3, 0.4) is 0 Å². The van der Waals surface area contributed by atoms with Gasteiger partial charge < -0.3 is 19.5 Å². The average Bonchev–Trinajstić information content (AvgIpc) is 2.82. The van der Waals surface area contributed by atoms with Gasteiger partial charge in [0.25, 0.3) is 0 Å². The van der Waals surface area contributed by atoms with Crippen LogP contribution in [-0.4, -0.2) is 36.6 Å². The number of anilines is 1. The second-order valence-corrected chi connectivity index (χ2v) is 5.01. The Bertz CT molecular complexity index is 638. The lowest BCUT2D eigenvalue weighted by atomic mass is 10.0. The van der Waals surface area contributed by atoms with Gasteiger partial charge in [-0.1, -0.05) is 0 Å². The summed E-state index contributed by atoms with van der Waals surface area (Å²) in [6, 6.07) is 5.96. The summed E-state index contributed by atoms with van der Waals surface area (Å²) in [5.74, 6) is 2.90. The van der Waals surface area contributed by atoms with E-state index in [1.807, 2.05) is 24.4 Å². The summed E-state index contributed by atoms with van der Waals surface area (Å²) in [6.07, 6.45) is 1.81. The molecular weight excluding hydrogens is 244 g/mol. The molecule has 2 aliphatic heterocycles. The van der Waals surface area contributed by atoms with Gasteiger partial charge in [0.1, 0.15) is 5.82 Å². The van der Waals surface area contributed by atoms with Gasteiger partial charge in [-0.25, -0.2) is 4.98 Å². The van der Waals surface area contributed by atoms with Gasteiger partial charge in [-0.15, -0.1) is 0 Å². The Kier molecular flexibility index (Phi) is 2.29. The molecule has 0 bridgehead atoms. The van der Waals surface area contributed by atoms with Crippen molar-refractivity contribution in [3.05, 3.63) is 24.4 Å². The van der Waals surface area contributed by atoms with Crippen molar-refractivity contribution in [1.29, 1.82) is 0 Å². The third-order valence-electron chi connectivity index (χ3n) is 3.75.